The topological polar surface area (TPSA) is 66.9 Å². The predicted molar refractivity (Wildman–Crippen MR) is 98.5 cm³/mol. The molecule has 0 spiro atoms. The van der Waals surface area contributed by atoms with E-state index in [4.69, 9.17) is 0 Å². The molecule has 5 heteroatoms. The minimum atomic E-state index is -0.229. The molecule has 0 bridgehead atoms. The van der Waals surface area contributed by atoms with E-state index in [2.05, 4.69) is 48.3 Å². The molecule has 2 aromatic rings. The second-order valence-corrected chi connectivity index (χ2v) is 6.82. The van der Waals surface area contributed by atoms with Crippen molar-refractivity contribution in [2.45, 2.75) is 46.0 Å². The van der Waals surface area contributed by atoms with Crippen molar-refractivity contribution in [1.82, 2.24) is 9.97 Å². The summed E-state index contributed by atoms with van der Waals surface area (Å²) in [6.07, 6.45) is 3.58. The van der Waals surface area contributed by atoms with Gasteiger partial charge in [0, 0.05) is 18.3 Å². The van der Waals surface area contributed by atoms with E-state index in [0.29, 0.717) is 11.5 Å². The van der Waals surface area contributed by atoms with Crippen LogP contribution in [-0.4, -0.2) is 22.4 Å². The number of unbranched alkanes of at least 4 members (excludes halogenated alkanes) is 1. The van der Waals surface area contributed by atoms with Gasteiger partial charge in [-0.05, 0) is 23.5 Å². The van der Waals surface area contributed by atoms with E-state index in [1.165, 1.54) is 6.33 Å². The molecule has 24 heavy (non-hydrogen) atoms. The molecule has 0 atom stereocenters. The molecule has 1 heterocycles. The fraction of sp³-hybridized carbons (Fsp3) is 0.421. The summed E-state index contributed by atoms with van der Waals surface area (Å²) in [6.45, 7) is 9.34. The lowest BCUT2D eigenvalue weighted by Gasteiger charge is -2.22. The van der Waals surface area contributed by atoms with Crippen molar-refractivity contribution >= 4 is 17.4 Å². The lowest BCUT2D eigenvalue weighted by molar-refractivity contribution is 0.102. The van der Waals surface area contributed by atoms with E-state index >= 15 is 0 Å². The van der Waals surface area contributed by atoms with Gasteiger partial charge >= 0.3 is 0 Å². The van der Waals surface area contributed by atoms with Crippen LogP contribution in [0.25, 0.3) is 0 Å². The monoisotopic (exact) mass is 326 g/mol. The van der Waals surface area contributed by atoms with Gasteiger partial charge < -0.3 is 10.6 Å². The summed E-state index contributed by atoms with van der Waals surface area (Å²) < 4.78 is 0. The zero-order valence-corrected chi connectivity index (χ0v) is 14.9. The van der Waals surface area contributed by atoms with Crippen LogP contribution in [-0.2, 0) is 5.41 Å². The Morgan fingerprint density at radius 3 is 2.62 bits per heavy atom. The molecule has 5 nitrogen and oxygen atoms in total. The highest BCUT2D eigenvalue weighted by molar-refractivity contribution is 6.03. The molecule has 0 aliphatic rings. The lowest BCUT2D eigenvalue weighted by Crippen LogP contribution is -2.19. The fourth-order valence-corrected chi connectivity index (χ4v) is 2.40. The first-order chi connectivity index (χ1) is 11.4. The Bertz CT molecular complexity index is 692. The van der Waals surface area contributed by atoms with E-state index in [9.17, 15) is 4.79 Å². The number of rotatable bonds is 6. The average Bonchev–Trinajstić information content (AvgIpc) is 2.55. The molecule has 1 aromatic heterocycles. The van der Waals surface area contributed by atoms with Crippen LogP contribution >= 0.6 is 0 Å². The largest absolute Gasteiger partial charge is 0.370 e. The summed E-state index contributed by atoms with van der Waals surface area (Å²) in [5.41, 5.74) is 2.21. The molecule has 2 rings (SSSR count). The molecule has 0 unspecified atom stereocenters. The zero-order valence-electron chi connectivity index (χ0n) is 14.9. The summed E-state index contributed by atoms with van der Waals surface area (Å²) in [7, 11) is 0. The Labute approximate surface area is 143 Å². The van der Waals surface area contributed by atoms with Gasteiger partial charge in [-0.25, -0.2) is 9.97 Å². The SMILES string of the molecule is CCCCNc1cc(C(=O)Nc2ccccc2C(C)(C)C)ncn1. The number of aromatic nitrogens is 2. The first-order valence-corrected chi connectivity index (χ1v) is 8.38. The second-order valence-electron chi connectivity index (χ2n) is 6.82. The number of nitrogens with one attached hydrogen (secondary N) is 2. The molecular formula is C19H26N4O. The minimum absolute atomic E-state index is 0.0532. The zero-order chi connectivity index (χ0) is 17.6. The summed E-state index contributed by atoms with van der Waals surface area (Å²) in [5, 5.41) is 6.18. The standard InChI is InChI=1S/C19H26N4O/c1-5-6-11-20-17-12-16(21-13-22-17)18(24)23-15-10-8-7-9-14(15)19(2,3)4/h7-10,12-13H,5-6,11H2,1-4H3,(H,23,24)(H,20,21,22). The molecule has 1 amide bonds. The summed E-state index contributed by atoms with van der Waals surface area (Å²) in [4.78, 5) is 20.8. The lowest BCUT2D eigenvalue weighted by atomic mass is 9.86. The third-order valence-electron chi connectivity index (χ3n) is 3.72. The normalized spacial score (nSPS) is 11.2. The number of nitrogens with zero attached hydrogens (tertiary/aromatic N) is 2. The molecule has 0 aliphatic carbocycles. The van der Waals surface area contributed by atoms with Crippen molar-refractivity contribution in [3.8, 4) is 0 Å². The van der Waals surface area contributed by atoms with Crippen LogP contribution in [0.5, 0.6) is 0 Å². The number of anilines is 2. The third kappa shape index (κ3) is 4.78. The highest BCUT2D eigenvalue weighted by atomic mass is 16.1. The van der Waals surface area contributed by atoms with Crippen molar-refractivity contribution in [2.75, 3.05) is 17.2 Å². The van der Waals surface area contributed by atoms with E-state index in [1.807, 2.05) is 24.3 Å². The first kappa shape index (κ1) is 17.9. The smallest absolute Gasteiger partial charge is 0.274 e. The molecule has 2 N–H and O–H groups in total. The maximum absolute atomic E-state index is 12.5. The Balaban J connectivity index is 2.15. The highest BCUT2D eigenvalue weighted by Crippen LogP contribution is 2.29. The number of amides is 1. The molecule has 0 radical (unpaired) electrons. The average molecular weight is 326 g/mol. The van der Waals surface area contributed by atoms with E-state index < -0.39 is 0 Å². The molecule has 0 aliphatic heterocycles. The molecule has 128 valence electrons. The van der Waals surface area contributed by atoms with Gasteiger partial charge in [0.05, 0.1) is 0 Å². The van der Waals surface area contributed by atoms with Crippen LogP contribution in [0.3, 0.4) is 0 Å². The maximum Gasteiger partial charge on any atom is 0.274 e. The number of hydrogen-bond donors (Lipinski definition) is 2. The van der Waals surface area contributed by atoms with Gasteiger partial charge in [0.25, 0.3) is 5.91 Å². The van der Waals surface area contributed by atoms with Crippen molar-refractivity contribution in [3.05, 3.63) is 47.9 Å². The van der Waals surface area contributed by atoms with Crippen LogP contribution in [0, 0.1) is 0 Å². The summed E-state index contributed by atoms with van der Waals surface area (Å²) >= 11 is 0. The van der Waals surface area contributed by atoms with Gasteiger partial charge in [0.1, 0.15) is 17.8 Å². The summed E-state index contributed by atoms with van der Waals surface area (Å²) in [5.74, 6) is 0.445. The Morgan fingerprint density at radius 2 is 1.92 bits per heavy atom. The number of benzene rings is 1. The van der Waals surface area contributed by atoms with Crippen LogP contribution in [0.4, 0.5) is 11.5 Å². The van der Waals surface area contributed by atoms with Gasteiger partial charge in [-0.2, -0.15) is 0 Å². The highest BCUT2D eigenvalue weighted by Gasteiger charge is 2.19. The first-order valence-electron chi connectivity index (χ1n) is 8.38. The Kier molecular flexibility index (Phi) is 5.90. The number of carbonyl (C=O) groups excluding carboxylic acids is 1. The van der Waals surface area contributed by atoms with Crippen LogP contribution in [0.1, 0.15) is 56.6 Å². The van der Waals surface area contributed by atoms with Crippen molar-refractivity contribution in [2.24, 2.45) is 0 Å². The maximum atomic E-state index is 12.5. The second kappa shape index (κ2) is 7.90. The Morgan fingerprint density at radius 1 is 1.17 bits per heavy atom. The van der Waals surface area contributed by atoms with Gasteiger partial charge in [0.15, 0.2) is 0 Å². The number of hydrogen-bond acceptors (Lipinski definition) is 4. The predicted octanol–water partition coefficient (Wildman–Crippen LogP) is 4.24. The van der Waals surface area contributed by atoms with Gasteiger partial charge in [-0.3, -0.25) is 4.79 Å². The third-order valence-corrected chi connectivity index (χ3v) is 3.72. The van der Waals surface area contributed by atoms with E-state index in [0.717, 1.165) is 30.6 Å². The fourth-order valence-electron chi connectivity index (χ4n) is 2.40. The molecule has 1 aromatic carbocycles. The minimum Gasteiger partial charge on any atom is -0.370 e. The number of para-hydroxylation sites is 1. The molecule has 0 saturated carbocycles. The van der Waals surface area contributed by atoms with Crippen molar-refractivity contribution in [1.29, 1.82) is 0 Å². The van der Waals surface area contributed by atoms with Gasteiger partial charge in [-0.15, -0.1) is 0 Å². The van der Waals surface area contributed by atoms with Crippen LogP contribution in [0.2, 0.25) is 0 Å². The van der Waals surface area contributed by atoms with Gasteiger partial charge in [-0.1, -0.05) is 52.3 Å². The molecule has 0 fully saturated rings. The van der Waals surface area contributed by atoms with Crippen LogP contribution in [0.15, 0.2) is 36.7 Å². The van der Waals surface area contributed by atoms with Crippen molar-refractivity contribution < 1.29 is 4.79 Å². The van der Waals surface area contributed by atoms with Crippen molar-refractivity contribution in [3.63, 3.8) is 0 Å². The number of carbonyl (C=O) groups is 1. The van der Waals surface area contributed by atoms with E-state index in [-0.39, 0.29) is 11.3 Å². The van der Waals surface area contributed by atoms with E-state index in [1.54, 1.807) is 6.07 Å². The Hall–Kier alpha value is -2.43. The van der Waals surface area contributed by atoms with Gasteiger partial charge in [0.2, 0.25) is 0 Å². The molecular weight excluding hydrogens is 300 g/mol. The quantitative estimate of drug-likeness (QED) is 0.779. The summed E-state index contributed by atoms with van der Waals surface area (Å²) in [6, 6.07) is 9.54. The molecule has 0 saturated heterocycles. The van der Waals surface area contributed by atoms with Crippen LogP contribution < -0.4 is 10.6 Å².